The van der Waals surface area contributed by atoms with E-state index in [9.17, 15) is 9.59 Å². The number of rotatable bonds is 3. The second kappa shape index (κ2) is 7.36. The fourth-order valence-corrected chi connectivity index (χ4v) is 3.63. The molecule has 0 unspecified atom stereocenters. The zero-order valence-electron chi connectivity index (χ0n) is 15.5. The van der Waals surface area contributed by atoms with E-state index in [-0.39, 0.29) is 5.92 Å². The number of amides is 1. The summed E-state index contributed by atoms with van der Waals surface area (Å²) in [4.78, 5) is 27.1. The molecule has 2 rings (SSSR count). The van der Waals surface area contributed by atoms with Gasteiger partial charge in [0.15, 0.2) is 0 Å². The maximum atomic E-state index is 12.8. The number of likely N-dealkylation sites (tertiary alicyclic amines) is 1. The number of hydrogen-bond acceptors (Lipinski definition) is 4. The van der Waals surface area contributed by atoms with Crippen LogP contribution in [0.25, 0.3) is 0 Å². The standard InChI is InChI=1S/C19H26BrNO4/c1-13-10-19(16(22)24-5,11-14-6-8-15(20)9-7-14)21(12-13)17(23)25-18(2,3)4/h6-9,13H,10-12H2,1-5H3/t13-,19+/m0/s1. The summed E-state index contributed by atoms with van der Waals surface area (Å²) in [6.07, 6.45) is 0.477. The Morgan fingerprint density at radius 2 is 1.88 bits per heavy atom. The number of ether oxygens (including phenoxy) is 2. The van der Waals surface area contributed by atoms with Crippen LogP contribution in [0.3, 0.4) is 0 Å². The van der Waals surface area contributed by atoms with Crippen molar-refractivity contribution in [3.63, 3.8) is 0 Å². The Labute approximate surface area is 157 Å². The lowest BCUT2D eigenvalue weighted by Gasteiger charge is -2.36. The molecule has 1 aliphatic heterocycles. The SMILES string of the molecule is COC(=O)[C@]1(Cc2ccc(Br)cc2)C[C@H](C)CN1C(=O)OC(C)(C)C. The number of carbonyl (C=O) groups excluding carboxylic acids is 2. The van der Waals surface area contributed by atoms with Crippen molar-refractivity contribution in [2.75, 3.05) is 13.7 Å². The van der Waals surface area contributed by atoms with Crippen molar-refractivity contribution in [2.45, 2.75) is 51.7 Å². The summed E-state index contributed by atoms with van der Waals surface area (Å²) in [6, 6.07) is 7.75. The summed E-state index contributed by atoms with van der Waals surface area (Å²) in [6.45, 7) is 7.96. The Hall–Kier alpha value is -1.56. The minimum atomic E-state index is -1.04. The number of esters is 1. The molecule has 1 aromatic carbocycles. The van der Waals surface area contributed by atoms with E-state index in [1.807, 2.05) is 52.0 Å². The topological polar surface area (TPSA) is 55.8 Å². The van der Waals surface area contributed by atoms with Crippen LogP contribution in [0, 0.1) is 5.92 Å². The Morgan fingerprint density at radius 1 is 1.28 bits per heavy atom. The van der Waals surface area contributed by atoms with Crippen LogP contribution in [0.2, 0.25) is 0 Å². The van der Waals surface area contributed by atoms with Gasteiger partial charge in [0.05, 0.1) is 7.11 Å². The van der Waals surface area contributed by atoms with E-state index in [0.717, 1.165) is 10.0 Å². The maximum Gasteiger partial charge on any atom is 0.411 e. The fourth-order valence-electron chi connectivity index (χ4n) is 3.37. The minimum Gasteiger partial charge on any atom is -0.467 e. The summed E-state index contributed by atoms with van der Waals surface area (Å²) in [5, 5.41) is 0. The number of nitrogens with zero attached hydrogens (tertiary/aromatic N) is 1. The molecule has 1 fully saturated rings. The van der Waals surface area contributed by atoms with Gasteiger partial charge in [-0.3, -0.25) is 4.90 Å². The Bertz CT molecular complexity index is 638. The van der Waals surface area contributed by atoms with Gasteiger partial charge in [-0.05, 0) is 50.8 Å². The lowest BCUT2D eigenvalue weighted by atomic mass is 9.86. The third-order valence-corrected chi connectivity index (χ3v) is 4.81. The molecule has 6 heteroatoms. The molecule has 1 saturated heterocycles. The van der Waals surface area contributed by atoms with Gasteiger partial charge < -0.3 is 9.47 Å². The van der Waals surface area contributed by atoms with Gasteiger partial charge in [0.2, 0.25) is 0 Å². The van der Waals surface area contributed by atoms with Crippen molar-refractivity contribution >= 4 is 28.0 Å². The molecule has 0 N–H and O–H groups in total. The first-order chi connectivity index (χ1) is 11.6. The number of benzene rings is 1. The van der Waals surface area contributed by atoms with Gasteiger partial charge in [0, 0.05) is 17.4 Å². The Morgan fingerprint density at radius 3 is 2.40 bits per heavy atom. The molecule has 1 heterocycles. The van der Waals surface area contributed by atoms with E-state index in [1.54, 1.807) is 4.90 Å². The summed E-state index contributed by atoms with van der Waals surface area (Å²) in [7, 11) is 1.36. The highest BCUT2D eigenvalue weighted by Crippen LogP contribution is 2.38. The molecule has 2 atom stereocenters. The van der Waals surface area contributed by atoms with Crippen molar-refractivity contribution in [2.24, 2.45) is 5.92 Å². The average Bonchev–Trinajstić information content (AvgIpc) is 2.85. The van der Waals surface area contributed by atoms with Gasteiger partial charge in [0.25, 0.3) is 0 Å². The second-order valence-electron chi connectivity index (χ2n) is 7.73. The van der Waals surface area contributed by atoms with Gasteiger partial charge in [-0.25, -0.2) is 9.59 Å². The molecule has 1 amide bonds. The second-order valence-corrected chi connectivity index (χ2v) is 8.64. The van der Waals surface area contributed by atoms with Crippen molar-refractivity contribution in [1.29, 1.82) is 0 Å². The molecular weight excluding hydrogens is 386 g/mol. The third kappa shape index (κ3) is 4.54. The highest BCUT2D eigenvalue weighted by Gasteiger charge is 2.54. The first-order valence-corrected chi connectivity index (χ1v) is 9.20. The van der Waals surface area contributed by atoms with E-state index < -0.39 is 23.2 Å². The average molecular weight is 412 g/mol. The van der Waals surface area contributed by atoms with Crippen LogP contribution in [0.5, 0.6) is 0 Å². The van der Waals surface area contributed by atoms with Crippen LogP contribution in [0.4, 0.5) is 4.79 Å². The zero-order valence-corrected chi connectivity index (χ0v) is 17.1. The molecular formula is C19H26BrNO4. The molecule has 25 heavy (non-hydrogen) atoms. The molecule has 1 aromatic rings. The van der Waals surface area contributed by atoms with E-state index >= 15 is 0 Å². The van der Waals surface area contributed by atoms with Crippen molar-refractivity contribution < 1.29 is 19.1 Å². The van der Waals surface area contributed by atoms with E-state index in [1.165, 1.54) is 7.11 Å². The smallest absolute Gasteiger partial charge is 0.411 e. The molecule has 5 nitrogen and oxygen atoms in total. The van der Waals surface area contributed by atoms with Crippen LogP contribution in [0.1, 0.15) is 39.7 Å². The molecule has 1 aliphatic rings. The monoisotopic (exact) mass is 411 g/mol. The Kier molecular flexibility index (Phi) is 5.82. The molecule has 0 aliphatic carbocycles. The van der Waals surface area contributed by atoms with Crippen LogP contribution < -0.4 is 0 Å². The minimum absolute atomic E-state index is 0.182. The molecule has 0 bridgehead atoms. The van der Waals surface area contributed by atoms with E-state index in [4.69, 9.17) is 9.47 Å². The highest BCUT2D eigenvalue weighted by atomic mass is 79.9. The zero-order chi connectivity index (χ0) is 18.8. The van der Waals surface area contributed by atoms with Gasteiger partial charge in [-0.1, -0.05) is 35.0 Å². The maximum absolute atomic E-state index is 12.8. The van der Waals surface area contributed by atoms with Crippen molar-refractivity contribution in [3.8, 4) is 0 Å². The first kappa shape index (κ1) is 19.8. The largest absolute Gasteiger partial charge is 0.467 e. The first-order valence-electron chi connectivity index (χ1n) is 8.41. The van der Waals surface area contributed by atoms with Crippen LogP contribution >= 0.6 is 15.9 Å². The predicted molar refractivity (Wildman–Crippen MR) is 99.3 cm³/mol. The lowest BCUT2D eigenvalue weighted by Crippen LogP contribution is -2.56. The molecule has 0 radical (unpaired) electrons. The van der Waals surface area contributed by atoms with E-state index in [2.05, 4.69) is 15.9 Å². The lowest BCUT2D eigenvalue weighted by molar-refractivity contribution is -0.153. The predicted octanol–water partition coefficient (Wildman–Crippen LogP) is 4.18. The van der Waals surface area contributed by atoms with Crippen molar-refractivity contribution in [3.05, 3.63) is 34.3 Å². The van der Waals surface area contributed by atoms with E-state index in [0.29, 0.717) is 19.4 Å². The number of halogens is 1. The van der Waals surface area contributed by atoms with Gasteiger partial charge >= 0.3 is 12.1 Å². The van der Waals surface area contributed by atoms with Gasteiger partial charge in [-0.15, -0.1) is 0 Å². The highest BCUT2D eigenvalue weighted by molar-refractivity contribution is 9.10. The fraction of sp³-hybridized carbons (Fsp3) is 0.579. The summed E-state index contributed by atoms with van der Waals surface area (Å²) >= 11 is 3.42. The molecule has 0 aromatic heterocycles. The van der Waals surface area contributed by atoms with Gasteiger partial charge in [0.1, 0.15) is 11.1 Å². The van der Waals surface area contributed by atoms with Crippen LogP contribution in [-0.2, 0) is 20.7 Å². The Balaban J connectivity index is 2.39. The summed E-state index contributed by atoms with van der Waals surface area (Å²) < 4.78 is 11.6. The van der Waals surface area contributed by atoms with Gasteiger partial charge in [-0.2, -0.15) is 0 Å². The molecule has 0 saturated carbocycles. The third-order valence-electron chi connectivity index (χ3n) is 4.29. The van der Waals surface area contributed by atoms with Crippen molar-refractivity contribution in [1.82, 2.24) is 4.90 Å². The summed E-state index contributed by atoms with van der Waals surface area (Å²) in [5.41, 5.74) is -0.691. The molecule has 0 spiro atoms. The number of methoxy groups -OCH3 is 1. The number of carbonyl (C=O) groups is 2. The van der Waals surface area contributed by atoms with Crippen LogP contribution in [0.15, 0.2) is 28.7 Å². The normalized spacial score (nSPS) is 23.4. The molecule has 138 valence electrons. The summed E-state index contributed by atoms with van der Waals surface area (Å²) in [5.74, 6) is -0.215. The number of hydrogen-bond donors (Lipinski definition) is 0. The van der Waals surface area contributed by atoms with Crippen LogP contribution in [-0.4, -0.2) is 41.8 Å². The quantitative estimate of drug-likeness (QED) is 0.699.